The summed E-state index contributed by atoms with van der Waals surface area (Å²) in [6, 6.07) is 8.78. The number of ether oxygens (including phenoxy) is 1. The van der Waals surface area contributed by atoms with E-state index in [1.807, 2.05) is 4.90 Å². The van der Waals surface area contributed by atoms with Gasteiger partial charge in [-0.25, -0.2) is 0 Å². The smallest absolute Gasteiger partial charge is 0.416 e. The highest BCUT2D eigenvalue weighted by atomic mass is 19.4. The molecule has 3 rings (SSSR count). The number of halogens is 3. The maximum Gasteiger partial charge on any atom is 0.416 e. The van der Waals surface area contributed by atoms with Gasteiger partial charge in [0.2, 0.25) is 0 Å². The maximum atomic E-state index is 13.2. The summed E-state index contributed by atoms with van der Waals surface area (Å²) in [5.41, 5.74) is -0.652. The number of para-hydroxylation sites is 2. The molecule has 0 atom stereocenters. The first-order chi connectivity index (χ1) is 14.3. The predicted molar refractivity (Wildman–Crippen MR) is 105 cm³/mol. The highest BCUT2D eigenvalue weighted by Crippen LogP contribution is 2.36. The summed E-state index contributed by atoms with van der Waals surface area (Å²) in [6.45, 7) is 0.780. The van der Waals surface area contributed by atoms with E-state index >= 15 is 0 Å². The van der Waals surface area contributed by atoms with Crippen molar-refractivity contribution in [3.8, 4) is 5.75 Å². The fourth-order valence-electron chi connectivity index (χ4n) is 3.28. The molecule has 1 aliphatic heterocycles. The third-order valence-corrected chi connectivity index (χ3v) is 4.72. The van der Waals surface area contributed by atoms with Crippen LogP contribution in [-0.2, 0) is 11.0 Å². The molecule has 1 amide bonds. The van der Waals surface area contributed by atoms with Gasteiger partial charge < -0.3 is 15.0 Å². The zero-order valence-electron chi connectivity index (χ0n) is 15.9. The van der Waals surface area contributed by atoms with Crippen LogP contribution in [0.1, 0.15) is 24.8 Å². The van der Waals surface area contributed by atoms with Crippen LogP contribution in [0, 0.1) is 10.1 Å². The van der Waals surface area contributed by atoms with Crippen molar-refractivity contribution in [3.05, 3.63) is 58.1 Å². The van der Waals surface area contributed by atoms with Gasteiger partial charge in [-0.15, -0.1) is 0 Å². The first-order valence-electron chi connectivity index (χ1n) is 9.38. The molecule has 0 unspecified atom stereocenters. The van der Waals surface area contributed by atoms with E-state index < -0.39 is 29.2 Å². The zero-order valence-corrected chi connectivity index (χ0v) is 15.9. The van der Waals surface area contributed by atoms with Gasteiger partial charge in [0.15, 0.2) is 12.4 Å². The van der Waals surface area contributed by atoms with Crippen LogP contribution in [0.4, 0.5) is 30.2 Å². The Bertz CT molecular complexity index is 928. The molecule has 30 heavy (non-hydrogen) atoms. The van der Waals surface area contributed by atoms with E-state index in [2.05, 4.69) is 5.32 Å². The number of nitrogens with zero attached hydrogens (tertiary/aromatic N) is 2. The Labute approximate surface area is 170 Å². The summed E-state index contributed by atoms with van der Waals surface area (Å²) in [5, 5.41) is 13.5. The van der Waals surface area contributed by atoms with E-state index in [9.17, 15) is 28.1 Å². The number of hydrogen-bond acceptors (Lipinski definition) is 5. The fourth-order valence-corrected chi connectivity index (χ4v) is 3.28. The van der Waals surface area contributed by atoms with Gasteiger partial charge in [-0.1, -0.05) is 12.1 Å². The Morgan fingerprint density at radius 1 is 1.13 bits per heavy atom. The van der Waals surface area contributed by atoms with Crippen LogP contribution in [0.25, 0.3) is 0 Å². The molecule has 10 heteroatoms. The van der Waals surface area contributed by atoms with E-state index in [0.717, 1.165) is 31.4 Å². The minimum atomic E-state index is -4.55. The van der Waals surface area contributed by atoms with Crippen molar-refractivity contribution >= 4 is 23.0 Å². The number of amides is 1. The summed E-state index contributed by atoms with van der Waals surface area (Å²) in [5.74, 6) is -0.816. The summed E-state index contributed by atoms with van der Waals surface area (Å²) in [4.78, 5) is 24.7. The lowest BCUT2D eigenvalue weighted by Gasteiger charge is -2.31. The highest BCUT2D eigenvalue weighted by Gasteiger charge is 2.32. The third-order valence-electron chi connectivity index (χ3n) is 4.72. The minimum absolute atomic E-state index is 0.0305. The molecule has 0 radical (unpaired) electrons. The number of nitrogens with one attached hydrogen (secondary N) is 1. The molecule has 2 aromatic rings. The van der Waals surface area contributed by atoms with Crippen molar-refractivity contribution in [3.63, 3.8) is 0 Å². The second-order valence-corrected chi connectivity index (χ2v) is 6.84. The number of carbonyl (C=O) groups is 1. The van der Waals surface area contributed by atoms with Gasteiger partial charge in [-0.2, -0.15) is 13.2 Å². The molecule has 1 saturated heterocycles. The number of benzene rings is 2. The third kappa shape index (κ3) is 5.19. The lowest BCUT2D eigenvalue weighted by Crippen LogP contribution is -2.31. The van der Waals surface area contributed by atoms with Crippen molar-refractivity contribution in [1.82, 2.24) is 0 Å². The molecule has 1 aliphatic rings. The molecule has 2 aromatic carbocycles. The van der Waals surface area contributed by atoms with Crippen LogP contribution in [0.3, 0.4) is 0 Å². The SMILES string of the molecule is O=C(COc1ccccc1[N+](=O)[O-])Nc1cc(C(F)(F)F)ccc1N1CCCCC1. The van der Waals surface area contributed by atoms with Gasteiger partial charge in [0.1, 0.15) is 0 Å². The molecule has 0 spiro atoms. The summed E-state index contributed by atoms with van der Waals surface area (Å²) < 4.78 is 44.7. The van der Waals surface area contributed by atoms with E-state index in [4.69, 9.17) is 4.74 Å². The summed E-state index contributed by atoms with van der Waals surface area (Å²) in [7, 11) is 0. The van der Waals surface area contributed by atoms with Crippen LogP contribution in [-0.4, -0.2) is 30.5 Å². The van der Waals surface area contributed by atoms with E-state index in [0.29, 0.717) is 18.8 Å². The molecule has 1 N–H and O–H groups in total. The van der Waals surface area contributed by atoms with E-state index in [1.54, 1.807) is 0 Å². The quantitative estimate of drug-likeness (QED) is 0.541. The molecule has 160 valence electrons. The number of hydrogen-bond donors (Lipinski definition) is 1. The standard InChI is InChI=1S/C20H20F3N3O4/c21-20(22,23)14-8-9-16(25-10-4-1-5-11-25)15(12-14)24-19(27)13-30-18-7-3-2-6-17(18)26(28)29/h2-3,6-9,12H,1,4-5,10-11,13H2,(H,24,27). The van der Waals surface area contributed by atoms with Crippen molar-refractivity contribution in [2.45, 2.75) is 25.4 Å². The van der Waals surface area contributed by atoms with E-state index in [-0.39, 0.29) is 17.1 Å². The lowest BCUT2D eigenvalue weighted by molar-refractivity contribution is -0.385. The van der Waals surface area contributed by atoms with Crippen LogP contribution in [0.2, 0.25) is 0 Å². The number of anilines is 2. The number of carbonyl (C=O) groups excluding carboxylic acids is 1. The van der Waals surface area contributed by atoms with Gasteiger partial charge in [0.05, 0.1) is 21.9 Å². The predicted octanol–water partition coefficient (Wildman–Crippen LogP) is 4.62. The van der Waals surface area contributed by atoms with Gasteiger partial charge in [0.25, 0.3) is 5.91 Å². The minimum Gasteiger partial charge on any atom is -0.477 e. The molecule has 0 bridgehead atoms. The average Bonchev–Trinajstić information content (AvgIpc) is 2.72. The number of rotatable bonds is 6. The first kappa shape index (κ1) is 21.4. The van der Waals surface area contributed by atoms with Crippen molar-refractivity contribution in [1.29, 1.82) is 0 Å². The summed E-state index contributed by atoms with van der Waals surface area (Å²) >= 11 is 0. The Kier molecular flexibility index (Phi) is 6.43. The normalized spacial score (nSPS) is 14.3. The number of nitro benzene ring substituents is 1. The number of piperidine rings is 1. The lowest BCUT2D eigenvalue weighted by atomic mass is 10.1. The molecule has 7 nitrogen and oxygen atoms in total. The Morgan fingerprint density at radius 3 is 2.50 bits per heavy atom. The maximum absolute atomic E-state index is 13.2. The fraction of sp³-hybridized carbons (Fsp3) is 0.350. The van der Waals surface area contributed by atoms with Crippen molar-refractivity contribution in [2.75, 3.05) is 29.9 Å². The first-order valence-corrected chi connectivity index (χ1v) is 9.38. The molecule has 1 fully saturated rings. The topological polar surface area (TPSA) is 84.7 Å². The highest BCUT2D eigenvalue weighted by molar-refractivity contribution is 5.95. The molecular weight excluding hydrogens is 403 g/mol. The zero-order chi connectivity index (χ0) is 21.7. The van der Waals surface area contributed by atoms with Gasteiger partial charge in [-0.05, 0) is 43.5 Å². The molecular formula is C20H20F3N3O4. The molecule has 0 aromatic heterocycles. The van der Waals surface area contributed by atoms with Crippen LogP contribution in [0.15, 0.2) is 42.5 Å². The second kappa shape index (κ2) is 9.02. The Balaban J connectivity index is 1.78. The van der Waals surface area contributed by atoms with Crippen LogP contribution in [0.5, 0.6) is 5.75 Å². The molecule has 0 saturated carbocycles. The van der Waals surface area contributed by atoms with Crippen LogP contribution < -0.4 is 15.0 Å². The Morgan fingerprint density at radius 2 is 1.83 bits per heavy atom. The number of nitro groups is 1. The molecule has 0 aliphatic carbocycles. The monoisotopic (exact) mass is 423 g/mol. The van der Waals surface area contributed by atoms with E-state index in [1.165, 1.54) is 30.3 Å². The average molecular weight is 423 g/mol. The Hall–Kier alpha value is -3.30. The van der Waals surface area contributed by atoms with Gasteiger partial charge in [0, 0.05) is 19.2 Å². The summed E-state index contributed by atoms with van der Waals surface area (Å²) in [6.07, 6.45) is -1.69. The van der Waals surface area contributed by atoms with Gasteiger partial charge >= 0.3 is 11.9 Å². The van der Waals surface area contributed by atoms with Crippen molar-refractivity contribution < 1.29 is 27.6 Å². The number of alkyl halides is 3. The molecule has 1 heterocycles. The largest absolute Gasteiger partial charge is 0.477 e. The van der Waals surface area contributed by atoms with Crippen LogP contribution >= 0.6 is 0 Å². The van der Waals surface area contributed by atoms with Gasteiger partial charge in [-0.3, -0.25) is 14.9 Å². The second-order valence-electron chi connectivity index (χ2n) is 6.84. The van der Waals surface area contributed by atoms with Crippen molar-refractivity contribution in [2.24, 2.45) is 0 Å².